The molecular formula is C32H47B2NO4. The van der Waals surface area contributed by atoms with E-state index in [1.54, 1.807) is 0 Å². The number of nitrogens with zero attached hydrogens (tertiary/aromatic N) is 1. The number of fused-ring (bicyclic) bond motifs is 3. The number of unbranched alkanes of at least 4 members (excludes halogenated alkanes) is 5. The van der Waals surface area contributed by atoms with Crippen molar-refractivity contribution in [2.24, 2.45) is 0 Å². The van der Waals surface area contributed by atoms with Gasteiger partial charge in [0.25, 0.3) is 0 Å². The molecule has 2 fully saturated rings. The molecule has 2 aliphatic heterocycles. The van der Waals surface area contributed by atoms with Crippen molar-refractivity contribution in [3.8, 4) is 0 Å². The Labute approximate surface area is 236 Å². The molecule has 3 aromatic rings. The molecular weight excluding hydrogens is 484 g/mol. The maximum atomic E-state index is 6.41. The number of hydrogen-bond donors (Lipinski definition) is 0. The van der Waals surface area contributed by atoms with Gasteiger partial charge in [-0.25, -0.2) is 0 Å². The van der Waals surface area contributed by atoms with Crippen molar-refractivity contribution >= 4 is 47.0 Å². The lowest BCUT2D eigenvalue weighted by Gasteiger charge is -2.32. The zero-order valence-electron chi connectivity index (χ0n) is 25.6. The summed E-state index contributed by atoms with van der Waals surface area (Å²) in [5, 5.41) is 2.52. The highest BCUT2D eigenvalue weighted by Gasteiger charge is 2.52. The molecule has 0 spiro atoms. The predicted octanol–water partition coefficient (Wildman–Crippen LogP) is 6.75. The Morgan fingerprint density at radius 2 is 0.949 bits per heavy atom. The normalized spacial score (nSPS) is 21.5. The van der Waals surface area contributed by atoms with Crippen LogP contribution in [0.3, 0.4) is 0 Å². The first kappa shape index (κ1) is 28.7. The van der Waals surface area contributed by atoms with Crippen LogP contribution in [0.2, 0.25) is 0 Å². The highest BCUT2D eigenvalue weighted by Crippen LogP contribution is 2.38. The Balaban J connectivity index is 1.53. The highest BCUT2D eigenvalue weighted by atomic mass is 16.7. The highest BCUT2D eigenvalue weighted by molar-refractivity contribution is 6.63. The number of rotatable bonds is 9. The fourth-order valence-corrected chi connectivity index (χ4v) is 5.67. The van der Waals surface area contributed by atoms with Gasteiger partial charge in [-0.05, 0) is 84.9 Å². The van der Waals surface area contributed by atoms with E-state index in [9.17, 15) is 0 Å². The van der Waals surface area contributed by atoms with Crippen LogP contribution < -0.4 is 10.9 Å². The molecule has 0 saturated carbocycles. The van der Waals surface area contributed by atoms with Crippen molar-refractivity contribution in [3.63, 3.8) is 0 Å². The zero-order chi connectivity index (χ0) is 28.2. The van der Waals surface area contributed by atoms with Crippen LogP contribution in [-0.4, -0.2) is 41.2 Å². The smallest absolute Gasteiger partial charge is 0.399 e. The molecule has 5 nitrogen and oxygen atoms in total. The van der Waals surface area contributed by atoms with E-state index in [2.05, 4.69) is 103 Å². The van der Waals surface area contributed by atoms with Crippen LogP contribution in [0.4, 0.5) is 0 Å². The average molecular weight is 531 g/mol. The van der Waals surface area contributed by atoms with Gasteiger partial charge in [0.1, 0.15) is 0 Å². The fourth-order valence-electron chi connectivity index (χ4n) is 5.67. The van der Waals surface area contributed by atoms with E-state index in [0.717, 1.165) is 23.9 Å². The average Bonchev–Trinajstić information content (AvgIpc) is 3.37. The summed E-state index contributed by atoms with van der Waals surface area (Å²) in [4.78, 5) is 0. The monoisotopic (exact) mass is 531 g/mol. The summed E-state index contributed by atoms with van der Waals surface area (Å²) in [6.45, 7) is 20.1. The molecule has 2 aromatic carbocycles. The number of benzene rings is 2. The van der Waals surface area contributed by atoms with Crippen molar-refractivity contribution in [1.29, 1.82) is 0 Å². The van der Waals surface area contributed by atoms with Crippen LogP contribution in [0.5, 0.6) is 0 Å². The lowest BCUT2D eigenvalue weighted by molar-refractivity contribution is 0.00578. The summed E-state index contributed by atoms with van der Waals surface area (Å²) in [6.07, 6.45) is 7.62. The van der Waals surface area contributed by atoms with Crippen LogP contribution in [0.25, 0.3) is 21.8 Å². The number of hydrogen-bond acceptors (Lipinski definition) is 4. The maximum Gasteiger partial charge on any atom is 0.494 e. The Bertz CT molecular complexity index is 1220. The zero-order valence-corrected chi connectivity index (χ0v) is 25.6. The second kappa shape index (κ2) is 10.2. The van der Waals surface area contributed by atoms with Crippen molar-refractivity contribution < 1.29 is 18.6 Å². The molecule has 0 bridgehead atoms. The van der Waals surface area contributed by atoms with E-state index >= 15 is 0 Å². The molecule has 0 atom stereocenters. The van der Waals surface area contributed by atoms with E-state index in [1.165, 1.54) is 53.9 Å². The third kappa shape index (κ3) is 5.21. The summed E-state index contributed by atoms with van der Waals surface area (Å²) in [5.41, 5.74) is 3.14. The molecule has 210 valence electrons. The second-order valence-corrected chi connectivity index (χ2v) is 13.6. The number of aryl methyl sites for hydroxylation is 1. The molecule has 0 unspecified atom stereocenters. The second-order valence-electron chi connectivity index (χ2n) is 13.6. The van der Waals surface area contributed by atoms with Crippen LogP contribution in [0.1, 0.15) is 101 Å². The molecule has 0 N–H and O–H groups in total. The summed E-state index contributed by atoms with van der Waals surface area (Å²) in [6, 6.07) is 13.4. The summed E-state index contributed by atoms with van der Waals surface area (Å²) < 4.78 is 28.1. The Kier molecular flexibility index (Phi) is 7.54. The predicted molar refractivity (Wildman–Crippen MR) is 164 cm³/mol. The third-order valence-corrected chi connectivity index (χ3v) is 9.70. The molecule has 0 amide bonds. The molecule has 0 aliphatic carbocycles. The quantitative estimate of drug-likeness (QED) is 0.226. The van der Waals surface area contributed by atoms with Gasteiger partial charge in [0.15, 0.2) is 0 Å². The maximum absolute atomic E-state index is 6.41. The van der Waals surface area contributed by atoms with Crippen molar-refractivity contribution in [2.45, 2.75) is 130 Å². The third-order valence-electron chi connectivity index (χ3n) is 9.70. The van der Waals surface area contributed by atoms with Gasteiger partial charge < -0.3 is 23.2 Å². The standard InChI is InChI=1S/C32H47B2NO4/c1-10-11-12-13-14-15-20-35-27-21-23(33-36-29(2,3)30(4,5)37-33)16-18-25(27)26-19-17-24(22-28(26)35)34-38-31(6,7)32(8,9)39-34/h16-19,21-22H,10-15,20H2,1-9H3. The topological polar surface area (TPSA) is 41.9 Å². The van der Waals surface area contributed by atoms with Gasteiger partial charge in [0.2, 0.25) is 0 Å². The molecule has 2 saturated heterocycles. The minimum absolute atomic E-state index is 0.366. The molecule has 2 aliphatic rings. The lowest BCUT2D eigenvalue weighted by atomic mass is 9.78. The van der Waals surface area contributed by atoms with Gasteiger partial charge >= 0.3 is 14.2 Å². The lowest BCUT2D eigenvalue weighted by Crippen LogP contribution is -2.41. The van der Waals surface area contributed by atoms with Crippen LogP contribution in [-0.2, 0) is 25.2 Å². The van der Waals surface area contributed by atoms with Crippen LogP contribution in [0, 0.1) is 0 Å². The molecule has 39 heavy (non-hydrogen) atoms. The van der Waals surface area contributed by atoms with E-state index in [1.807, 2.05) is 0 Å². The Hall–Kier alpha value is -1.79. The van der Waals surface area contributed by atoms with Crippen molar-refractivity contribution in [2.75, 3.05) is 0 Å². The molecule has 7 heteroatoms. The molecule has 3 heterocycles. The minimum atomic E-state index is -0.375. The Morgan fingerprint density at radius 1 is 0.564 bits per heavy atom. The molecule has 1 aromatic heterocycles. The first-order valence-corrected chi connectivity index (χ1v) is 15.0. The van der Waals surface area contributed by atoms with E-state index in [4.69, 9.17) is 18.6 Å². The van der Waals surface area contributed by atoms with E-state index in [0.29, 0.717) is 0 Å². The van der Waals surface area contributed by atoms with E-state index in [-0.39, 0.29) is 36.6 Å². The van der Waals surface area contributed by atoms with Gasteiger partial charge in [0, 0.05) is 28.4 Å². The van der Waals surface area contributed by atoms with Gasteiger partial charge in [-0.15, -0.1) is 0 Å². The first-order chi connectivity index (χ1) is 18.3. The van der Waals surface area contributed by atoms with Crippen molar-refractivity contribution in [3.05, 3.63) is 36.4 Å². The van der Waals surface area contributed by atoms with Gasteiger partial charge in [-0.3, -0.25) is 0 Å². The summed E-state index contributed by atoms with van der Waals surface area (Å²) in [7, 11) is -0.750. The minimum Gasteiger partial charge on any atom is -0.399 e. The van der Waals surface area contributed by atoms with Gasteiger partial charge in [-0.1, -0.05) is 63.3 Å². The SMILES string of the molecule is CCCCCCCCn1c2cc(B3OC(C)(C)C(C)(C)O3)ccc2c2ccc(B3OC(C)(C)C(C)(C)O3)cc21. The molecule has 0 radical (unpaired) electrons. The van der Waals surface area contributed by atoms with E-state index < -0.39 is 0 Å². The van der Waals surface area contributed by atoms with Gasteiger partial charge in [0.05, 0.1) is 22.4 Å². The van der Waals surface area contributed by atoms with Gasteiger partial charge in [-0.2, -0.15) is 0 Å². The summed E-state index contributed by atoms with van der Waals surface area (Å²) >= 11 is 0. The van der Waals surface area contributed by atoms with Crippen LogP contribution >= 0.6 is 0 Å². The molecule has 5 rings (SSSR count). The first-order valence-electron chi connectivity index (χ1n) is 15.0. The summed E-state index contributed by atoms with van der Waals surface area (Å²) in [5.74, 6) is 0. The number of aromatic nitrogens is 1. The fraction of sp³-hybridized carbons (Fsp3) is 0.625. The largest absolute Gasteiger partial charge is 0.494 e. The van der Waals surface area contributed by atoms with Crippen molar-refractivity contribution in [1.82, 2.24) is 4.57 Å². The Morgan fingerprint density at radius 3 is 1.36 bits per heavy atom. The van der Waals surface area contributed by atoms with Crippen LogP contribution in [0.15, 0.2) is 36.4 Å².